The first-order valence-corrected chi connectivity index (χ1v) is 34.5. The summed E-state index contributed by atoms with van der Waals surface area (Å²) in [6.07, 6.45) is 0. The first-order chi connectivity index (χ1) is 47.0. The van der Waals surface area contributed by atoms with Crippen molar-refractivity contribution in [2.45, 2.75) is 78.6 Å². The van der Waals surface area contributed by atoms with Gasteiger partial charge in [0.05, 0.1) is 11.4 Å². The number of benzene rings is 15. The molecule has 0 spiro atoms. The molecule has 3 heteroatoms. The normalized spacial score (nSPS) is 12.9. The van der Waals surface area contributed by atoms with E-state index in [0.717, 1.165) is 22.7 Å². The van der Waals surface area contributed by atoms with Crippen molar-refractivity contribution in [3.63, 3.8) is 0 Å². The van der Waals surface area contributed by atoms with Crippen molar-refractivity contribution >= 4 is 100 Å². The summed E-state index contributed by atoms with van der Waals surface area (Å²) >= 11 is 0. The molecule has 0 unspecified atom stereocenters. The molecule has 15 aromatic carbocycles. The lowest BCUT2D eigenvalue weighted by Gasteiger charge is -2.47. The third-order valence-corrected chi connectivity index (χ3v) is 20.8. The quantitative estimate of drug-likeness (QED) is 0.111. The van der Waals surface area contributed by atoms with Crippen LogP contribution in [-0.4, -0.2) is 6.71 Å². The average Bonchev–Trinajstić information content (AvgIpc) is 0.686. The van der Waals surface area contributed by atoms with Gasteiger partial charge in [-0.15, -0.1) is 0 Å². The Balaban J connectivity index is 1.09. The SMILES string of the molecule is CC(C)(C)c1cc(-c2ccccc2)c(N2c3ccc(-c4ccccc4)cc3B3c4cc(-c5ccccc5)ccc4N(c4c(-c5ccccc5)cc(C(C)(C)C)cc4-c4cc5ccccc5c5ccccc45)c4cc(C(C)(C)C)cc2c43)c(-c2cc3ccccc3c3ccccc23)c1. The lowest BCUT2D eigenvalue weighted by molar-refractivity contribution is 0.590. The van der Waals surface area contributed by atoms with E-state index in [2.05, 4.69) is 375 Å². The summed E-state index contributed by atoms with van der Waals surface area (Å²) in [6.45, 7) is 21.2. The summed E-state index contributed by atoms with van der Waals surface area (Å²) < 4.78 is 0. The highest BCUT2D eigenvalue weighted by molar-refractivity contribution is 7.00. The van der Waals surface area contributed by atoms with E-state index in [4.69, 9.17) is 0 Å². The molecule has 466 valence electrons. The second kappa shape index (κ2) is 22.9. The van der Waals surface area contributed by atoms with Crippen molar-refractivity contribution in [2.75, 3.05) is 9.80 Å². The van der Waals surface area contributed by atoms with Gasteiger partial charge in [0, 0.05) is 45.0 Å². The van der Waals surface area contributed by atoms with Gasteiger partial charge in [0.25, 0.3) is 6.71 Å². The van der Waals surface area contributed by atoms with Crippen LogP contribution < -0.4 is 26.2 Å². The fraction of sp³-hybridized carbons (Fsp3) is 0.128. The Morgan fingerprint density at radius 2 is 0.536 bits per heavy atom. The molecule has 2 nitrogen and oxygen atoms in total. The molecule has 0 saturated heterocycles. The van der Waals surface area contributed by atoms with E-state index in [1.807, 2.05) is 0 Å². The minimum Gasteiger partial charge on any atom is -0.310 e. The molecule has 2 aliphatic rings. The molecule has 0 atom stereocenters. The van der Waals surface area contributed by atoms with Gasteiger partial charge in [-0.25, -0.2) is 0 Å². The van der Waals surface area contributed by atoms with Crippen LogP contribution in [0.2, 0.25) is 0 Å². The van der Waals surface area contributed by atoms with E-state index < -0.39 is 0 Å². The third-order valence-electron chi connectivity index (χ3n) is 20.8. The van der Waals surface area contributed by atoms with Crippen molar-refractivity contribution in [1.29, 1.82) is 0 Å². The molecule has 17 rings (SSSR count). The van der Waals surface area contributed by atoms with Gasteiger partial charge >= 0.3 is 0 Å². The van der Waals surface area contributed by atoms with Gasteiger partial charge in [0.2, 0.25) is 0 Å². The molecule has 0 aliphatic carbocycles. The van der Waals surface area contributed by atoms with E-state index >= 15 is 0 Å². The summed E-state index contributed by atoms with van der Waals surface area (Å²) in [5.41, 5.74) is 28.0. The Morgan fingerprint density at radius 1 is 0.227 bits per heavy atom. The lowest BCUT2D eigenvalue weighted by Crippen LogP contribution is -2.61. The molecule has 0 N–H and O–H groups in total. The number of anilines is 6. The molecular formula is C94H77BN2. The highest BCUT2D eigenvalue weighted by atomic mass is 15.2. The Kier molecular flexibility index (Phi) is 14.1. The van der Waals surface area contributed by atoms with Gasteiger partial charge in [-0.05, 0) is 198 Å². The Morgan fingerprint density at radius 3 is 0.907 bits per heavy atom. The number of fused-ring (bicyclic) bond motifs is 10. The minimum absolute atomic E-state index is 0.210. The smallest absolute Gasteiger partial charge is 0.252 e. The lowest BCUT2D eigenvalue weighted by atomic mass is 9.33. The summed E-state index contributed by atoms with van der Waals surface area (Å²) in [5, 5.41) is 9.86. The van der Waals surface area contributed by atoms with Crippen LogP contribution in [0, 0.1) is 0 Å². The first kappa shape index (κ1) is 59.7. The van der Waals surface area contributed by atoms with Gasteiger partial charge < -0.3 is 9.80 Å². The third kappa shape index (κ3) is 10.1. The fourth-order valence-electron chi connectivity index (χ4n) is 15.8. The molecule has 0 radical (unpaired) electrons. The molecule has 2 aliphatic heterocycles. The van der Waals surface area contributed by atoms with E-state index in [9.17, 15) is 0 Å². The predicted molar refractivity (Wildman–Crippen MR) is 419 cm³/mol. The van der Waals surface area contributed by atoms with Crippen molar-refractivity contribution in [1.82, 2.24) is 0 Å². The zero-order valence-electron chi connectivity index (χ0n) is 56.8. The van der Waals surface area contributed by atoms with Crippen LogP contribution in [0.3, 0.4) is 0 Å². The Hall–Kier alpha value is -11.0. The highest BCUT2D eigenvalue weighted by Crippen LogP contribution is 2.57. The second-order valence-corrected chi connectivity index (χ2v) is 30.0. The zero-order valence-corrected chi connectivity index (χ0v) is 56.8. The standard InChI is InChI=1S/C94H77BN2/c1-92(2,3)68-54-77(62-34-18-12-19-35-62)90(81(56-68)79-50-66-38-22-24-40-71(66)73-42-26-28-44-75(73)79)96-85-48-46-64(60-30-14-10-15-31-60)52-83(85)95-84-53-65(61-32-16-11-17-33-61)47-49-86(84)97(88-59-70(94(7,8)9)58-87(96)89(88)95)91-78(63-36-20-13-21-37-63)55-69(93(4,5)6)57-82(91)80-51-67-39-23-25-41-72(67)74-43-27-29-45-76(74)80/h10-59H,1-9H3. The first-order valence-electron chi connectivity index (χ1n) is 34.5. The van der Waals surface area contributed by atoms with Crippen molar-refractivity contribution in [3.05, 3.63) is 320 Å². The van der Waals surface area contributed by atoms with E-state index in [0.29, 0.717) is 0 Å². The fourth-order valence-corrected chi connectivity index (χ4v) is 15.8. The Labute approximate surface area is 571 Å². The van der Waals surface area contributed by atoms with Crippen LogP contribution in [0.15, 0.2) is 303 Å². The molecule has 0 amide bonds. The maximum atomic E-state index is 2.74. The minimum atomic E-state index is -0.307. The van der Waals surface area contributed by atoms with E-state index in [-0.39, 0.29) is 23.0 Å². The van der Waals surface area contributed by atoms with Crippen LogP contribution in [0.5, 0.6) is 0 Å². The van der Waals surface area contributed by atoms with Crippen LogP contribution in [0.1, 0.15) is 79.0 Å². The van der Waals surface area contributed by atoms with Gasteiger partial charge in [-0.2, -0.15) is 0 Å². The maximum absolute atomic E-state index is 2.74. The molecule has 15 aromatic rings. The monoisotopic (exact) mass is 1240 g/mol. The molecule has 97 heavy (non-hydrogen) atoms. The largest absolute Gasteiger partial charge is 0.310 e. The number of hydrogen-bond acceptors (Lipinski definition) is 2. The molecule has 0 saturated carbocycles. The van der Waals surface area contributed by atoms with Crippen molar-refractivity contribution < 1.29 is 0 Å². The summed E-state index contributed by atoms with van der Waals surface area (Å²) in [6, 6.07) is 116. The number of hydrogen-bond donors (Lipinski definition) is 0. The van der Waals surface area contributed by atoms with Crippen LogP contribution >= 0.6 is 0 Å². The van der Waals surface area contributed by atoms with E-state index in [1.54, 1.807) is 0 Å². The number of nitrogens with zero attached hydrogens (tertiary/aromatic N) is 2. The van der Waals surface area contributed by atoms with Crippen LogP contribution in [-0.2, 0) is 16.2 Å². The predicted octanol–water partition coefficient (Wildman–Crippen LogP) is 24.3. The van der Waals surface area contributed by atoms with Crippen molar-refractivity contribution in [3.8, 4) is 66.8 Å². The highest BCUT2D eigenvalue weighted by Gasteiger charge is 2.47. The van der Waals surface area contributed by atoms with E-state index in [1.165, 1.54) is 154 Å². The molecular weight excluding hydrogens is 1170 g/mol. The number of rotatable bonds is 8. The Bertz CT molecular complexity index is 5290. The molecule has 0 aromatic heterocycles. The van der Waals surface area contributed by atoms with Gasteiger partial charge in [-0.1, -0.05) is 305 Å². The maximum Gasteiger partial charge on any atom is 0.252 e. The topological polar surface area (TPSA) is 6.48 Å². The molecule has 2 heterocycles. The zero-order chi connectivity index (χ0) is 66.1. The summed E-state index contributed by atoms with van der Waals surface area (Å²) in [5.74, 6) is 0. The molecule has 0 bridgehead atoms. The van der Waals surface area contributed by atoms with Crippen LogP contribution in [0.4, 0.5) is 34.1 Å². The summed E-state index contributed by atoms with van der Waals surface area (Å²) in [7, 11) is 0. The van der Waals surface area contributed by atoms with Crippen molar-refractivity contribution in [2.24, 2.45) is 0 Å². The molecule has 0 fully saturated rings. The van der Waals surface area contributed by atoms with Gasteiger partial charge in [-0.3, -0.25) is 0 Å². The summed E-state index contributed by atoms with van der Waals surface area (Å²) in [4.78, 5) is 5.48. The van der Waals surface area contributed by atoms with Gasteiger partial charge in [0.15, 0.2) is 0 Å². The second-order valence-electron chi connectivity index (χ2n) is 30.0. The van der Waals surface area contributed by atoms with Crippen LogP contribution in [0.25, 0.3) is 110 Å². The van der Waals surface area contributed by atoms with Gasteiger partial charge in [0.1, 0.15) is 0 Å². The average molecular weight is 1250 g/mol.